The molecule has 0 saturated carbocycles. The highest BCUT2D eigenvalue weighted by Gasteiger charge is 2.05. The SMILES string of the molecule is C=C(CCC(=O)O)c1ccc(C)cc1C. The Hall–Kier alpha value is -1.57. The molecule has 1 N–H and O–H groups in total. The number of aliphatic carboxylic acids is 1. The van der Waals surface area contributed by atoms with Gasteiger partial charge in [0.2, 0.25) is 0 Å². The zero-order valence-electron chi connectivity index (χ0n) is 9.21. The van der Waals surface area contributed by atoms with Crippen molar-refractivity contribution < 1.29 is 9.90 Å². The number of benzene rings is 1. The van der Waals surface area contributed by atoms with Gasteiger partial charge in [0.1, 0.15) is 0 Å². The lowest BCUT2D eigenvalue weighted by Gasteiger charge is -2.08. The first kappa shape index (κ1) is 11.5. The molecule has 0 saturated heterocycles. The van der Waals surface area contributed by atoms with Crippen molar-refractivity contribution in [2.75, 3.05) is 0 Å². The van der Waals surface area contributed by atoms with E-state index in [1.54, 1.807) is 0 Å². The van der Waals surface area contributed by atoms with Crippen molar-refractivity contribution in [3.05, 3.63) is 41.5 Å². The quantitative estimate of drug-likeness (QED) is 0.817. The summed E-state index contributed by atoms with van der Waals surface area (Å²) in [5.74, 6) is -0.777. The maximum atomic E-state index is 10.4. The average molecular weight is 204 g/mol. The van der Waals surface area contributed by atoms with Gasteiger partial charge in [-0.15, -0.1) is 0 Å². The first-order valence-corrected chi connectivity index (χ1v) is 4.98. The number of hydrogen-bond donors (Lipinski definition) is 1. The van der Waals surface area contributed by atoms with Crippen LogP contribution in [-0.2, 0) is 4.79 Å². The molecule has 2 nitrogen and oxygen atoms in total. The van der Waals surface area contributed by atoms with E-state index in [1.165, 1.54) is 5.56 Å². The van der Waals surface area contributed by atoms with Crippen molar-refractivity contribution in [2.24, 2.45) is 0 Å². The topological polar surface area (TPSA) is 37.3 Å². The van der Waals surface area contributed by atoms with Gasteiger partial charge in [0.05, 0.1) is 0 Å². The number of carbonyl (C=O) groups is 1. The van der Waals surface area contributed by atoms with Crippen LogP contribution in [0.25, 0.3) is 5.57 Å². The van der Waals surface area contributed by atoms with Crippen LogP contribution in [0.15, 0.2) is 24.8 Å². The van der Waals surface area contributed by atoms with Gasteiger partial charge in [-0.3, -0.25) is 4.79 Å². The second kappa shape index (κ2) is 4.78. The Labute approximate surface area is 90.3 Å². The zero-order chi connectivity index (χ0) is 11.4. The molecule has 0 amide bonds. The highest BCUT2D eigenvalue weighted by molar-refractivity contribution is 5.73. The minimum Gasteiger partial charge on any atom is -0.481 e. The second-order valence-corrected chi connectivity index (χ2v) is 3.82. The third kappa shape index (κ3) is 3.24. The van der Waals surface area contributed by atoms with Crippen molar-refractivity contribution in [1.29, 1.82) is 0 Å². The summed E-state index contributed by atoms with van der Waals surface area (Å²) in [7, 11) is 0. The smallest absolute Gasteiger partial charge is 0.303 e. The minimum atomic E-state index is -0.777. The molecule has 15 heavy (non-hydrogen) atoms. The van der Waals surface area contributed by atoms with Crippen molar-refractivity contribution in [2.45, 2.75) is 26.7 Å². The van der Waals surface area contributed by atoms with Gasteiger partial charge in [-0.05, 0) is 37.0 Å². The number of allylic oxidation sites excluding steroid dienone is 1. The van der Waals surface area contributed by atoms with Gasteiger partial charge in [0.25, 0.3) is 0 Å². The van der Waals surface area contributed by atoms with Gasteiger partial charge in [-0.25, -0.2) is 0 Å². The molecule has 1 rings (SSSR count). The van der Waals surface area contributed by atoms with Crippen LogP contribution in [0, 0.1) is 13.8 Å². The van der Waals surface area contributed by atoms with Gasteiger partial charge in [-0.1, -0.05) is 30.3 Å². The fourth-order valence-corrected chi connectivity index (χ4v) is 1.60. The molecule has 0 radical (unpaired) electrons. The van der Waals surface area contributed by atoms with Crippen LogP contribution < -0.4 is 0 Å². The minimum absolute atomic E-state index is 0.145. The predicted octanol–water partition coefficient (Wildman–Crippen LogP) is 3.18. The molecule has 0 aliphatic carbocycles. The van der Waals surface area contributed by atoms with Gasteiger partial charge in [0.15, 0.2) is 0 Å². The van der Waals surface area contributed by atoms with Crippen molar-refractivity contribution in [1.82, 2.24) is 0 Å². The Morgan fingerprint density at radius 3 is 2.53 bits per heavy atom. The molecule has 0 bridgehead atoms. The summed E-state index contributed by atoms with van der Waals surface area (Å²) in [5.41, 5.74) is 4.34. The van der Waals surface area contributed by atoms with Crippen LogP contribution >= 0.6 is 0 Å². The number of rotatable bonds is 4. The zero-order valence-corrected chi connectivity index (χ0v) is 9.21. The molecule has 0 unspecified atom stereocenters. The Kier molecular flexibility index (Phi) is 3.67. The molecule has 0 aliphatic heterocycles. The van der Waals surface area contributed by atoms with E-state index in [2.05, 4.69) is 12.6 Å². The van der Waals surface area contributed by atoms with Gasteiger partial charge in [-0.2, -0.15) is 0 Å². The summed E-state index contributed by atoms with van der Waals surface area (Å²) in [4.78, 5) is 10.4. The fourth-order valence-electron chi connectivity index (χ4n) is 1.60. The molecule has 0 heterocycles. The maximum Gasteiger partial charge on any atom is 0.303 e. The van der Waals surface area contributed by atoms with Crippen molar-refractivity contribution in [3.8, 4) is 0 Å². The summed E-state index contributed by atoms with van der Waals surface area (Å²) in [5, 5.41) is 8.58. The van der Waals surface area contributed by atoms with Gasteiger partial charge in [0, 0.05) is 6.42 Å². The van der Waals surface area contributed by atoms with E-state index in [0.717, 1.165) is 16.7 Å². The third-order valence-corrected chi connectivity index (χ3v) is 2.40. The summed E-state index contributed by atoms with van der Waals surface area (Å²) < 4.78 is 0. The fraction of sp³-hybridized carbons (Fsp3) is 0.308. The standard InChI is InChI=1S/C13H16O2/c1-9-4-6-12(11(3)8-9)10(2)5-7-13(14)15/h4,6,8H,2,5,7H2,1,3H3,(H,14,15). The summed E-state index contributed by atoms with van der Waals surface area (Å²) in [6, 6.07) is 6.12. The van der Waals surface area contributed by atoms with Crippen LogP contribution in [0.1, 0.15) is 29.5 Å². The lowest BCUT2D eigenvalue weighted by molar-refractivity contribution is -0.136. The molecule has 2 heteroatoms. The number of hydrogen-bond acceptors (Lipinski definition) is 1. The van der Waals surface area contributed by atoms with Crippen LogP contribution in [-0.4, -0.2) is 11.1 Å². The molecular weight excluding hydrogens is 188 g/mol. The van der Waals surface area contributed by atoms with E-state index in [4.69, 9.17) is 5.11 Å². The summed E-state index contributed by atoms with van der Waals surface area (Å²) in [6.07, 6.45) is 0.658. The number of aryl methyl sites for hydroxylation is 2. The van der Waals surface area contributed by atoms with Crippen molar-refractivity contribution >= 4 is 11.5 Å². The van der Waals surface area contributed by atoms with Crippen LogP contribution in [0.2, 0.25) is 0 Å². The van der Waals surface area contributed by atoms with E-state index >= 15 is 0 Å². The highest BCUT2D eigenvalue weighted by atomic mass is 16.4. The van der Waals surface area contributed by atoms with E-state index in [0.29, 0.717) is 6.42 Å². The Morgan fingerprint density at radius 2 is 2.00 bits per heavy atom. The molecule has 1 aromatic carbocycles. The monoisotopic (exact) mass is 204 g/mol. The molecule has 0 atom stereocenters. The first-order valence-electron chi connectivity index (χ1n) is 4.98. The van der Waals surface area contributed by atoms with E-state index in [-0.39, 0.29) is 6.42 Å². The van der Waals surface area contributed by atoms with Crippen LogP contribution in [0.5, 0.6) is 0 Å². The first-order chi connectivity index (χ1) is 7.00. The lowest BCUT2D eigenvalue weighted by atomic mass is 9.97. The molecular formula is C13H16O2. The normalized spacial score (nSPS) is 10.0. The Bertz CT molecular complexity index is 392. The van der Waals surface area contributed by atoms with Gasteiger partial charge >= 0.3 is 5.97 Å². The third-order valence-electron chi connectivity index (χ3n) is 2.40. The van der Waals surface area contributed by atoms with E-state index < -0.39 is 5.97 Å². The number of carboxylic acid groups (broad SMARTS) is 1. The van der Waals surface area contributed by atoms with Crippen molar-refractivity contribution in [3.63, 3.8) is 0 Å². The van der Waals surface area contributed by atoms with Gasteiger partial charge < -0.3 is 5.11 Å². The maximum absolute atomic E-state index is 10.4. The average Bonchev–Trinajstić information content (AvgIpc) is 2.14. The summed E-state index contributed by atoms with van der Waals surface area (Å²) >= 11 is 0. The summed E-state index contributed by atoms with van der Waals surface area (Å²) in [6.45, 7) is 7.98. The van der Waals surface area contributed by atoms with Crippen LogP contribution in [0.3, 0.4) is 0 Å². The second-order valence-electron chi connectivity index (χ2n) is 3.82. The number of carboxylic acids is 1. The molecule has 80 valence electrons. The lowest BCUT2D eigenvalue weighted by Crippen LogP contribution is -1.96. The van der Waals surface area contributed by atoms with E-state index in [1.807, 2.05) is 26.0 Å². The molecule has 0 aliphatic rings. The Morgan fingerprint density at radius 1 is 1.33 bits per heavy atom. The Balaban J connectivity index is 2.78. The molecule has 0 fully saturated rings. The largest absolute Gasteiger partial charge is 0.481 e. The van der Waals surface area contributed by atoms with Crippen LogP contribution in [0.4, 0.5) is 0 Å². The molecule has 0 spiro atoms. The van der Waals surface area contributed by atoms with E-state index in [9.17, 15) is 4.79 Å². The highest BCUT2D eigenvalue weighted by Crippen LogP contribution is 2.22. The predicted molar refractivity (Wildman–Crippen MR) is 61.8 cm³/mol. The molecule has 0 aromatic heterocycles. The molecule has 1 aromatic rings.